The van der Waals surface area contributed by atoms with Crippen molar-refractivity contribution >= 4 is 5.91 Å². The van der Waals surface area contributed by atoms with Crippen LogP contribution < -0.4 is 10.9 Å². The van der Waals surface area contributed by atoms with Crippen LogP contribution in [0.15, 0.2) is 0 Å². The molecule has 1 amide bonds. The lowest BCUT2D eigenvalue weighted by molar-refractivity contribution is -0.136. The number of methoxy groups -OCH3 is 2. The van der Waals surface area contributed by atoms with Gasteiger partial charge in [0.05, 0.1) is 18.1 Å². The highest BCUT2D eigenvalue weighted by Crippen LogP contribution is 2.35. The predicted octanol–water partition coefficient (Wildman–Crippen LogP) is 1.63. The fraction of sp³-hybridized carbons (Fsp3) is 0.957. The number of carbonyl (C=O) groups is 1. The second kappa shape index (κ2) is 10.3. The Morgan fingerprint density at radius 1 is 1.03 bits per heavy atom. The fourth-order valence-electron chi connectivity index (χ4n) is 6.69. The zero-order valence-corrected chi connectivity index (χ0v) is 19.1. The van der Waals surface area contributed by atoms with Gasteiger partial charge in [0, 0.05) is 46.4 Å². The topological polar surface area (TPSA) is 66.1 Å². The van der Waals surface area contributed by atoms with Crippen molar-refractivity contribution in [3.63, 3.8) is 0 Å². The van der Waals surface area contributed by atoms with Crippen LogP contribution >= 0.6 is 0 Å². The standard InChI is InChI=1S/C23H42N4O3/c1-26(15-17-7-6-12-27-11-5-4-8-19(17)27)23(28)18-14-24-25-22(18)16-9-10-20(29-2)21(13-16)30-3/h16-22,24-25H,4-15H2,1-3H3. The molecule has 7 atom stereocenters. The number of hydrogen-bond acceptors (Lipinski definition) is 6. The molecule has 1 aliphatic carbocycles. The second-order valence-corrected chi connectivity index (χ2v) is 10.00. The molecule has 3 heterocycles. The van der Waals surface area contributed by atoms with E-state index in [-0.39, 0.29) is 24.2 Å². The number of amides is 1. The summed E-state index contributed by atoms with van der Waals surface area (Å²) < 4.78 is 11.3. The van der Waals surface area contributed by atoms with Gasteiger partial charge in [-0.2, -0.15) is 0 Å². The van der Waals surface area contributed by atoms with Gasteiger partial charge < -0.3 is 19.3 Å². The Kier molecular flexibility index (Phi) is 7.68. The first-order valence-electron chi connectivity index (χ1n) is 12.1. The van der Waals surface area contributed by atoms with Crippen molar-refractivity contribution in [2.24, 2.45) is 17.8 Å². The summed E-state index contributed by atoms with van der Waals surface area (Å²) in [5.74, 6) is 1.36. The number of hydrazine groups is 1. The molecule has 4 rings (SSSR count). The number of nitrogens with one attached hydrogen (secondary N) is 2. The van der Waals surface area contributed by atoms with E-state index in [1.807, 2.05) is 11.9 Å². The van der Waals surface area contributed by atoms with Gasteiger partial charge in [0.15, 0.2) is 0 Å². The highest BCUT2D eigenvalue weighted by atomic mass is 16.5. The maximum Gasteiger partial charge on any atom is 0.228 e. The summed E-state index contributed by atoms with van der Waals surface area (Å²) in [5.41, 5.74) is 6.72. The van der Waals surface area contributed by atoms with Crippen LogP contribution in [0.4, 0.5) is 0 Å². The largest absolute Gasteiger partial charge is 0.379 e. The molecule has 3 saturated heterocycles. The van der Waals surface area contributed by atoms with Crippen LogP contribution in [0.5, 0.6) is 0 Å². The molecule has 4 fully saturated rings. The first kappa shape index (κ1) is 22.5. The Balaban J connectivity index is 1.36. The number of rotatable bonds is 6. The lowest BCUT2D eigenvalue weighted by Crippen LogP contribution is -2.53. The predicted molar refractivity (Wildman–Crippen MR) is 117 cm³/mol. The minimum atomic E-state index is 0.00245. The molecule has 2 N–H and O–H groups in total. The van der Waals surface area contributed by atoms with Gasteiger partial charge in [0.2, 0.25) is 5.91 Å². The third kappa shape index (κ3) is 4.70. The van der Waals surface area contributed by atoms with Crippen LogP contribution in [0.25, 0.3) is 0 Å². The summed E-state index contributed by atoms with van der Waals surface area (Å²) in [6.07, 6.45) is 9.83. The van der Waals surface area contributed by atoms with Crippen molar-refractivity contribution in [1.29, 1.82) is 0 Å². The Hall–Kier alpha value is -0.730. The molecule has 0 spiro atoms. The molecule has 1 saturated carbocycles. The van der Waals surface area contributed by atoms with Crippen LogP contribution in [0.2, 0.25) is 0 Å². The quantitative estimate of drug-likeness (QED) is 0.678. The molecule has 3 aliphatic heterocycles. The Labute approximate surface area is 182 Å². The van der Waals surface area contributed by atoms with Gasteiger partial charge >= 0.3 is 0 Å². The minimum Gasteiger partial charge on any atom is -0.379 e. The maximum absolute atomic E-state index is 13.5. The summed E-state index contributed by atoms with van der Waals surface area (Å²) >= 11 is 0. The molecule has 172 valence electrons. The van der Waals surface area contributed by atoms with Gasteiger partial charge in [0.25, 0.3) is 0 Å². The van der Waals surface area contributed by atoms with Gasteiger partial charge in [-0.3, -0.25) is 15.6 Å². The van der Waals surface area contributed by atoms with Gasteiger partial charge in [-0.25, -0.2) is 0 Å². The van der Waals surface area contributed by atoms with Crippen LogP contribution in [0.3, 0.4) is 0 Å². The van der Waals surface area contributed by atoms with E-state index in [2.05, 4.69) is 15.8 Å². The summed E-state index contributed by atoms with van der Waals surface area (Å²) in [7, 11) is 5.57. The Morgan fingerprint density at radius 2 is 1.83 bits per heavy atom. The third-order valence-corrected chi connectivity index (χ3v) is 8.34. The minimum absolute atomic E-state index is 0.00245. The normalized spacial score (nSPS) is 40.2. The molecule has 7 nitrogen and oxygen atoms in total. The molecule has 0 aromatic rings. The Bertz CT molecular complexity index is 575. The van der Waals surface area contributed by atoms with E-state index in [0.29, 0.717) is 23.8 Å². The lowest BCUT2D eigenvalue weighted by Gasteiger charge is -2.45. The van der Waals surface area contributed by atoms with Crippen molar-refractivity contribution in [2.45, 2.75) is 75.7 Å². The van der Waals surface area contributed by atoms with E-state index < -0.39 is 0 Å². The number of piperidine rings is 2. The van der Waals surface area contributed by atoms with Gasteiger partial charge in [-0.05, 0) is 69.9 Å². The first-order valence-corrected chi connectivity index (χ1v) is 12.1. The summed E-state index contributed by atoms with van der Waals surface area (Å²) in [5, 5.41) is 0. The molecule has 0 aromatic heterocycles. The van der Waals surface area contributed by atoms with Gasteiger partial charge in [-0.15, -0.1) is 0 Å². The van der Waals surface area contributed by atoms with E-state index >= 15 is 0 Å². The summed E-state index contributed by atoms with van der Waals surface area (Å²) in [6, 6.07) is 0.859. The van der Waals surface area contributed by atoms with Gasteiger partial charge in [-0.1, -0.05) is 6.42 Å². The van der Waals surface area contributed by atoms with E-state index in [4.69, 9.17) is 9.47 Å². The maximum atomic E-state index is 13.5. The highest BCUT2D eigenvalue weighted by molar-refractivity contribution is 5.80. The molecule has 7 heteroatoms. The molecule has 30 heavy (non-hydrogen) atoms. The second-order valence-electron chi connectivity index (χ2n) is 10.00. The number of fused-ring (bicyclic) bond motifs is 1. The smallest absolute Gasteiger partial charge is 0.228 e. The molecule has 0 bridgehead atoms. The van der Waals surface area contributed by atoms with Crippen LogP contribution in [-0.2, 0) is 14.3 Å². The molecular weight excluding hydrogens is 380 g/mol. The van der Waals surface area contributed by atoms with Crippen molar-refractivity contribution in [2.75, 3.05) is 47.4 Å². The molecule has 7 unspecified atom stereocenters. The highest BCUT2D eigenvalue weighted by Gasteiger charge is 2.43. The lowest BCUT2D eigenvalue weighted by atomic mass is 9.76. The van der Waals surface area contributed by atoms with Crippen molar-refractivity contribution in [3.05, 3.63) is 0 Å². The van der Waals surface area contributed by atoms with Gasteiger partial charge in [0.1, 0.15) is 0 Å². The summed E-state index contributed by atoms with van der Waals surface area (Å²) in [6.45, 7) is 4.13. The molecule has 4 aliphatic rings. The van der Waals surface area contributed by atoms with Crippen LogP contribution in [0.1, 0.15) is 51.4 Å². The number of ether oxygens (including phenoxy) is 2. The SMILES string of the molecule is COC1CCC(C2NNCC2C(=O)N(C)CC2CCCN3CCCCC23)CC1OC. The summed E-state index contributed by atoms with van der Waals surface area (Å²) in [4.78, 5) is 18.2. The fourth-order valence-corrected chi connectivity index (χ4v) is 6.69. The average molecular weight is 423 g/mol. The van der Waals surface area contributed by atoms with Crippen LogP contribution in [-0.4, -0.2) is 87.4 Å². The van der Waals surface area contributed by atoms with E-state index in [1.165, 1.54) is 45.2 Å². The van der Waals surface area contributed by atoms with Crippen molar-refractivity contribution in [3.8, 4) is 0 Å². The number of hydrogen-bond donors (Lipinski definition) is 2. The van der Waals surface area contributed by atoms with E-state index in [1.54, 1.807) is 14.2 Å². The van der Waals surface area contributed by atoms with Crippen LogP contribution in [0, 0.1) is 17.8 Å². The third-order valence-electron chi connectivity index (χ3n) is 8.34. The monoisotopic (exact) mass is 422 g/mol. The number of carbonyl (C=O) groups excluding carboxylic acids is 1. The van der Waals surface area contributed by atoms with Crippen molar-refractivity contribution in [1.82, 2.24) is 20.7 Å². The van der Waals surface area contributed by atoms with Crippen molar-refractivity contribution < 1.29 is 14.3 Å². The zero-order valence-electron chi connectivity index (χ0n) is 19.1. The molecule has 0 aromatic carbocycles. The Morgan fingerprint density at radius 3 is 2.63 bits per heavy atom. The van der Waals surface area contributed by atoms with E-state index in [0.717, 1.165) is 32.4 Å². The molecule has 0 radical (unpaired) electrons. The van der Waals surface area contributed by atoms with E-state index in [9.17, 15) is 4.79 Å². The average Bonchev–Trinajstić information content (AvgIpc) is 3.28. The molecular formula is C23H42N4O3. The number of nitrogens with zero attached hydrogens (tertiary/aromatic N) is 2. The first-order chi connectivity index (χ1) is 14.6. The zero-order chi connectivity index (χ0) is 21.1.